The van der Waals surface area contributed by atoms with Gasteiger partial charge in [-0.15, -0.1) is 0 Å². The first-order valence-corrected chi connectivity index (χ1v) is 9.87. The van der Waals surface area contributed by atoms with Gasteiger partial charge in [0.05, 0.1) is 23.7 Å². The van der Waals surface area contributed by atoms with Crippen LogP contribution in [-0.2, 0) is 4.79 Å². The minimum Gasteiger partial charge on any atom is -0.308 e. The first-order chi connectivity index (χ1) is 13.5. The second kappa shape index (κ2) is 8.87. The zero-order chi connectivity index (χ0) is 20.1. The van der Waals surface area contributed by atoms with Gasteiger partial charge in [0.1, 0.15) is 5.92 Å². The molecular weight excluding hydrogens is 392 g/mol. The van der Waals surface area contributed by atoms with Crippen LogP contribution in [0.5, 0.6) is 0 Å². The summed E-state index contributed by atoms with van der Waals surface area (Å²) in [6, 6.07) is 19.1. The Morgan fingerprint density at radius 3 is 2.68 bits per heavy atom. The van der Waals surface area contributed by atoms with E-state index in [-0.39, 0.29) is 17.2 Å². The first kappa shape index (κ1) is 19.9. The molecule has 7 heteroatoms. The van der Waals surface area contributed by atoms with Gasteiger partial charge in [-0.1, -0.05) is 59.8 Å². The second-order valence-electron chi connectivity index (χ2n) is 6.11. The van der Waals surface area contributed by atoms with Gasteiger partial charge in [-0.25, -0.2) is 4.98 Å². The normalized spacial score (nSPS) is 11.6. The molecule has 0 radical (unpaired) electrons. The SMILES string of the molecule is CC(=N)C(C#N)C(=O)CSc1ncc(-c2ccccc2)n1-c1cccc(Cl)c1. The highest BCUT2D eigenvalue weighted by molar-refractivity contribution is 7.99. The molecular formula is C21H17ClN4OS. The third-order valence-electron chi connectivity index (χ3n) is 4.09. The molecule has 0 spiro atoms. The summed E-state index contributed by atoms with van der Waals surface area (Å²) >= 11 is 7.42. The number of ketones is 1. The van der Waals surface area contributed by atoms with Crippen LogP contribution in [0.2, 0.25) is 5.02 Å². The highest BCUT2D eigenvalue weighted by Gasteiger charge is 2.22. The fourth-order valence-electron chi connectivity index (χ4n) is 2.74. The standard InChI is InChI=1S/C21H17ClN4OS/c1-14(24)18(11-23)20(27)13-28-21-25-12-19(15-6-3-2-4-7-15)26(21)17-9-5-8-16(22)10-17/h2-10,12,18,24H,13H2,1H3. The fourth-order valence-corrected chi connectivity index (χ4v) is 3.83. The van der Waals surface area contributed by atoms with Gasteiger partial charge in [-0.2, -0.15) is 5.26 Å². The van der Waals surface area contributed by atoms with Gasteiger partial charge in [0.15, 0.2) is 10.9 Å². The van der Waals surface area contributed by atoms with Gasteiger partial charge in [0.25, 0.3) is 0 Å². The van der Waals surface area contributed by atoms with E-state index in [1.54, 1.807) is 12.3 Å². The summed E-state index contributed by atoms with van der Waals surface area (Å²) < 4.78 is 1.94. The number of hydrogen-bond acceptors (Lipinski definition) is 5. The molecule has 5 nitrogen and oxygen atoms in total. The second-order valence-corrected chi connectivity index (χ2v) is 7.49. The molecule has 0 saturated heterocycles. The summed E-state index contributed by atoms with van der Waals surface area (Å²) in [6.45, 7) is 1.47. The number of halogens is 1. The molecule has 1 aromatic heterocycles. The number of carbonyl (C=O) groups is 1. The van der Waals surface area contributed by atoms with Gasteiger partial charge < -0.3 is 5.41 Å². The Labute approximate surface area is 172 Å². The number of benzene rings is 2. The number of nitriles is 1. The number of imidazole rings is 1. The van der Waals surface area contributed by atoms with E-state index in [1.807, 2.05) is 59.2 Å². The van der Waals surface area contributed by atoms with Crippen LogP contribution in [0.25, 0.3) is 16.9 Å². The van der Waals surface area contributed by atoms with Crippen LogP contribution in [0.4, 0.5) is 0 Å². The van der Waals surface area contributed by atoms with Gasteiger partial charge in [0.2, 0.25) is 0 Å². The molecule has 0 amide bonds. The monoisotopic (exact) mass is 408 g/mol. The molecule has 0 aliphatic heterocycles. The van der Waals surface area contributed by atoms with Crippen molar-refractivity contribution in [3.05, 3.63) is 65.8 Å². The van der Waals surface area contributed by atoms with Crippen molar-refractivity contribution >= 4 is 34.9 Å². The Hall–Kier alpha value is -2.88. The Kier molecular flexibility index (Phi) is 6.30. The lowest BCUT2D eigenvalue weighted by atomic mass is 10.0. The van der Waals surface area contributed by atoms with E-state index in [0.717, 1.165) is 16.9 Å². The van der Waals surface area contributed by atoms with Crippen LogP contribution >= 0.6 is 23.4 Å². The van der Waals surface area contributed by atoms with Crippen LogP contribution < -0.4 is 0 Å². The average Bonchev–Trinajstić information content (AvgIpc) is 3.11. The van der Waals surface area contributed by atoms with Crippen molar-refractivity contribution in [1.29, 1.82) is 10.7 Å². The average molecular weight is 409 g/mol. The van der Waals surface area contributed by atoms with Crippen molar-refractivity contribution in [1.82, 2.24) is 9.55 Å². The summed E-state index contributed by atoms with van der Waals surface area (Å²) in [7, 11) is 0. The molecule has 28 heavy (non-hydrogen) atoms. The summed E-state index contributed by atoms with van der Waals surface area (Å²) in [6.07, 6.45) is 1.76. The van der Waals surface area contributed by atoms with Crippen molar-refractivity contribution in [3.63, 3.8) is 0 Å². The number of nitrogens with one attached hydrogen (secondary N) is 1. The number of Topliss-reactive ketones (excluding diaryl/α,β-unsaturated/α-hetero) is 1. The Bertz CT molecular complexity index is 1060. The number of hydrogen-bond donors (Lipinski definition) is 1. The van der Waals surface area contributed by atoms with Crippen LogP contribution in [-0.4, -0.2) is 26.8 Å². The molecule has 3 aromatic rings. The van der Waals surface area contributed by atoms with Crippen molar-refractivity contribution in [2.24, 2.45) is 5.92 Å². The Morgan fingerprint density at radius 1 is 1.29 bits per heavy atom. The number of rotatable bonds is 7. The minimum absolute atomic E-state index is 0.0521. The number of thioether (sulfide) groups is 1. The molecule has 1 heterocycles. The number of nitrogens with zero attached hydrogens (tertiary/aromatic N) is 3. The molecule has 140 valence electrons. The van der Waals surface area contributed by atoms with Gasteiger partial charge in [-0.05, 0) is 25.1 Å². The molecule has 1 atom stereocenters. The molecule has 1 unspecified atom stereocenters. The van der Waals surface area contributed by atoms with Crippen LogP contribution in [0.3, 0.4) is 0 Å². The minimum atomic E-state index is -1.02. The zero-order valence-electron chi connectivity index (χ0n) is 15.1. The molecule has 2 aromatic carbocycles. The predicted molar refractivity (Wildman–Crippen MR) is 112 cm³/mol. The first-order valence-electron chi connectivity index (χ1n) is 8.50. The number of aromatic nitrogens is 2. The van der Waals surface area contributed by atoms with Crippen molar-refractivity contribution in [3.8, 4) is 23.0 Å². The van der Waals surface area contributed by atoms with E-state index < -0.39 is 5.92 Å². The highest BCUT2D eigenvalue weighted by Crippen LogP contribution is 2.31. The maximum absolute atomic E-state index is 12.3. The van der Waals surface area contributed by atoms with Gasteiger partial charge in [0, 0.05) is 22.0 Å². The van der Waals surface area contributed by atoms with Crippen LogP contribution in [0.15, 0.2) is 66.0 Å². The third-order valence-corrected chi connectivity index (χ3v) is 5.30. The predicted octanol–water partition coefficient (Wildman–Crippen LogP) is 5.03. The molecule has 0 fully saturated rings. The van der Waals surface area contributed by atoms with E-state index in [9.17, 15) is 4.79 Å². The summed E-state index contributed by atoms with van der Waals surface area (Å²) in [5.41, 5.74) is 2.74. The Morgan fingerprint density at radius 2 is 2.04 bits per heavy atom. The van der Waals surface area contributed by atoms with Crippen LogP contribution in [0.1, 0.15) is 6.92 Å². The lowest BCUT2D eigenvalue weighted by molar-refractivity contribution is -0.117. The van der Waals surface area contributed by atoms with Crippen LogP contribution in [0, 0.1) is 22.7 Å². The molecule has 0 saturated carbocycles. The van der Waals surface area contributed by atoms with Crippen molar-refractivity contribution < 1.29 is 4.79 Å². The lowest BCUT2D eigenvalue weighted by Gasteiger charge is -2.13. The van der Waals surface area contributed by atoms with Gasteiger partial charge in [-0.3, -0.25) is 9.36 Å². The van der Waals surface area contributed by atoms with Crippen molar-refractivity contribution in [2.45, 2.75) is 12.1 Å². The highest BCUT2D eigenvalue weighted by atomic mass is 35.5. The fraction of sp³-hybridized carbons (Fsp3) is 0.143. The van der Waals surface area contributed by atoms with E-state index in [0.29, 0.717) is 10.2 Å². The van der Waals surface area contributed by atoms with Crippen molar-refractivity contribution in [2.75, 3.05) is 5.75 Å². The topological polar surface area (TPSA) is 82.5 Å². The summed E-state index contributed by atoms with van der Waals surface area (Å²) in [5, 5.41) is 17.9. The van der Waals surface area contributed by atoms with E-state index in [2.05, 4.69) is 4.98 Å². The van der Waals surface area contributed by atoms with E-state index in [1.165, 1.54) is 18.7 Å². The zero-order valence-corrected chi connectivity index (χ0v) is 16.7. The molecule has 3 rings (SSSR count). The molecule has 0 aliphatic carbocycles. The molecule has 0 aliphatic rings. The number of carbonyl (C=O) groups excluding carboxylic acids is 1. The molecule has 1 N–H and O–H groups in total. The quantitative estimate of drug-likeness (QED) is 0.438. The van der Waals surface area contributed by atoms with Gasteiger partial charge >= 0.3 is 0 Å². The summed E-state index contributed by atoms with van der Waals surface area (Å²) in [4.78, 5) is 16.8. The Balaban J connectivity index is 1.98. The third kappa shape index (κ3) is 4.33. The van der Waals surface area contributed by atoms with E-state index >= 15 is 0 Å². The largest absolute Gasteiger partial charge is 0.308 e. The van der Waals surface area contributed by atoms with E-state index in [4.69, 9.17) is 22.3 Å². The smallest absolute Gasteiger partial charge is 0.173 e. The maximum atomic E-state index is 12.3. The molecule has 0 bridgehead atoms. The summed E-state index contributed by atoms with van der Waals surface area (Å²) in [5.74, 6) is -1.27. The maximum Gasteiger partial charge on any atom is 0.173 e. The lowest BCUT2D eigenvalue weighted by Crippen LogP contribution is -2.21.